The van der Waals surface area contributed by atoms with Crippen molar-refractivity contribution in [2.24, 2.45) is 0 Å². The van der Waals surface area contributed by atoms with Gasteiger partial charge >= 0.3 is 6.09 Å². The molecule has 2 amide bonds. The average molecular weight is 346 g/mol. The molecule has 6 nitrogen and oxygen atoms in total. The number of allylic oxidation sites excluding steroid dienone is 1. The molecule has 0 aromatic heterocycles. The van der Waals surface area contributed by atoms with E-state index in [0.29, 0.717) is 32.6 Å². The third kappa shape index (κ3) is 5.24. The molecular weight excluding hydrogens is 320 g/mol. The Morgan fingerprint density at radius 3 is 2.48 bits per heavy atom. The van der Waals surface area contributed by atoms with Gasteiger partial charge in [-0.05, 0) is 31.4 Å². The van der Waals surface area contributed by atoms with Gasteiger partial charge in [-0.25, -0.2) is 4.79 Å². The average Bonchev–Trinajstić information content (AvgIpc) is 2.87. The second-order valence-electron chi connectivity index (χ2n) is 6.12. The maximum atomic E-state index is 12.5. The molecule has 0 radical (unpaired) electrons. The zero-order valence-corrected chi connectivity index (χ0v) is 15.2. The Bertz CT molecular complexity index is 642. The minimum absolute atomic E-state index is 0.0147. The second kappa shape index (κ2) is 9.11. The molecule has 1 aromatic rings. The summed E-state index contributed by atoms with van der Waals surface area (Å²) in [6.45, 7) is 4.22. The fraction of sp³-hybridized carbons (Fsp3) is 0.474. The van der Waals surface area contributed by atoms with Crippen molar-refractivity contribution in [3.63, 3.8) is 0 Å². The molecule has 0 bridgehead atoms. The summed E-state index contributed by atoms with van der Waals surface area (Å²) in [5.41, 5.74) is 2.03. The maximum Gasteiger partial charge on any atom is 0.409 e. The second-order valence-corrected chi connectivity index (χ2v) is 6.12. The molecule has 0 aliphatic carbocycles. The lowest BCUT2D eigenvalue weighted by molar-refractivity contribution is -0.125. The fourth-order valence-corrected chi connectivity index (χ4v) is 2.95. The highest BCUT2D eigenvalue weighted by Gasteiger charge is 2.21. The predicted molar refractivity (Wildman–Crippen MR) is 95.6 cm³/mol. The van der Waals surface area contributed by atoms with Gasteiger partial charge in [0.2, 0.25) is 5.91 Å². The first-order chi connectivity index (χ1) is 12.0. The number of amides is 2. The van der Waals surface area contributed by atoms with E-state index in [-0.39, 0.29) is 12.0 Å². The van der Waals surface area contributed by atoms with E-state index in [9.17, 15) is 9.59 Å². The molecule has 0 unspecified atom stereocenters. The van der Waals surface area contributed by atoms with Crippen LogP contribution in [0.25, 0.3) is 0 Å². The first kappa shape index (κ1) is 18.8. The number of para-hydroxylation sites is 1. The Labute approximate surface area is 149 Å². The highest BCUT2D eigenvalue weighted by Crippen LogP contribution is 2.20. The van der Waals surface area contributed by atoms with Crippen molar-refractivity contribution in [2.45, 2.75) is 19.8 Å². The molecule has 1 fully saturated rings. The number of hydrogen-bond donors (Lipinski definition) is 0. The standard InChI is InChI=1S/C19H26N2O4/c1-15(13-16-7-4-5-8-17(16)24-2)14-18(22)20-9-6-10-21(12-11-20)19(23)25-3/h4-5,7-8,14H,6,9-13H2,1-3H3/b15-14-. The number of carbonyl (C=O) groups excluding carboxylic acids is 2. The summed E-state index contributed by atoms with van der Waals surface area (Å²) in [7, 11) is 3.02. The van der Waals surface area contributed by atoms with Gasteiger partial charge in [0.25, 0.3) is 0 Å². The van der Waals surface area contributed by atoms with Crippen molar-refractivity contribution in [1.82, 2.24) is 9.80 Å². The Hall–Kier alpha value is -2.50. The van der Waals surface area contributed by atoms with E-state index < -0.39 is 0 Å². The van der Waals surface area contributed by atoms with E-state index in [1.54, 1.807) is 23.0 Å². The Balaban J connectivity index is 1.97. The van der Waals surface area contributed by atoms with Crippen LogP contribution in [0.3, 0.4) is 0 Å². The lowest BCUT2D eigenvalue weighted by Crippen LogP contribution is -2.36. The Morgan fingerprint density at radius 1 is 1.08 bits per heavy atom. The van der Waals surface area contributed by atoms with E-state index in [0.717, 1.165) is 23.3 Å². The van der Waals surface area contributed by atoms with E-state index in [1.807, 2.05) is 31.2 Å². The molecule has 0 spiro atoms. The Kier molecular flexibility index (Phi) is 6.86. The van der Waals surface area contributed by atoms with Crippen molar-refractivity contribution >= 4 is 12.0 Å². The molecule has 1 aliphatic rings. The summed E-state index contributed by atoms with van der Waals surface area (Å²) in [5, 5.41) is 0. The smallest absolute Gasteiger partial charge is 0.409 e. The molecule has 0 atom stereocenters. The minimum Gasteiger partial charge on any atom is -0.496 e. The topological polar surface area (TPSA) is 59.1 Å². The summed E-state index contributed by atoms with van der Waals surface area (Å²) in [6, 6.07) is 7.81. The van der Waals surface area contributed by atoms with Gasteiger partial charge in [-0.3, -0.25) is 4.79 Å². The monoisotopic (exact) mass is 346 g/mol. The van der Waals surface area contributed by atoms with E-state index >= 15 is 0 Å². The first-order valence-electron chi connectivity index (χ1n) is 8.46. The molecular formula is C19H26N2O4. The van der Waals surface area contributed by atoms with Gasteiger partial charge in [0.05, 0.1) is 14.2 Å². The van der Waals surface area contributed by atoms with Crippen LogP contribution in [-0.2, 0) is 16.0 Å². The Morgan fingerprint density at radius 2 is 1.76 bits per heavy atom. The van der Waals surface area contributed by atoms with Gasteiger partial charge < -0.3 is 19.3 Å². The largest absolute Gasteiger partial charge is 0.496 e. The summed E-state index contributed by atoms with van der Waals surface area (Å²) in [4.78, 5) is 27.6. The van der Waals surface area contributed by atoms with E-state index in [4.69, 9.17) is 9.47 Å². The van der Waals surface area contributed by atoms with Crippen molar-refractivity contribution < 1.29 is 19.1 Å². The van der Waals surface area contributed by atoms with Gasteiger partial charge in [-0.1, -0.05) is 23.8 Å². The molecule has 25 heavy (non-hydrogen) atoms. The van der Waals surface area contributed by atoms with Gasteiger partial charge in [0, 0.05) is 32.3 Å². The highest BCUT2D eigenvalue weighted by molar-refractivity contribution is 5.88. The number of hydrogen-bond acceptors (Lipinski definition) is 4. The highest BCUT2D eigenvalue weighted by atomic mass is 16.5. The predicted octanol–water partition coefficient (Wildman–Crippen LogP) is 2.48. The third-order valence-corrected chi connectivity index (χ3v) is 4.27. The van der Waals surface area contributed by atoms with Crippen LogP contribution in [0.4, 0.5) is 4.79 Å². The molecule has 1 aliphatic heterocycles. The molecule has 0 N–H and O–H groups in total. The zero-order chi connectivity index (χ0) is 18.2. The van der Waals surface area contributed by atoms with Gasteiger partial charge in [0.15, 0.2) is 0 Å². The van der Waals surface area contributed by atoms with Crippen LogP contribution in [0.2, 0.25) is 0 Å². The van der Waals surface area contributed by atoms with Crippen LogP contribution in [0.5, 0.6) is 5.75 Å². The maximum absolute atomic E-state index is 12.5. The first-order valence-corrected chi connectivity index (χ1v) is 8.46. The van der Waals surface area contributed by atoms with Crippen molar-refractivity contribution in [3.8, 4) is 5.75 Å². The van der Waals surface area contributed by atoms with Crippen molar-refractivity contribution in [2.75, 3.05) is 40.4 Å². The molecule has 6 heteroatoms. The minimum atomic E-state index is -0.336. The lowest BCUT2D eigenvalue weighted by Gasteiger charge is -2.20. The number of nitrogens with zero attached hydrogens (tertiary/aromatic N) is 2. The molecule has 1 saturated heterocycles. The van der Waals surface area contributed by atoms with Crippen LogP contribution in [0.15, 0.2) is 35.9 Å². The van der Waals surface area contributed by atoms with E-state index in [1.165, 1.54) is 7.11 Å². The number of rotatable bonds is 4. The normalized spacial score (nSPS) is 15.6. The van der Waals surface area contributed by atoms with Crippen molar-refractivity contribution in [3.05, 3.63) is 41.5 Å². The van der Waals surface area contributed by atoms with Gasteiger partial charge in [-0.2, -0.15) is 0 Å². The third-order valence-electron chi connectivity index (χ3n) is 4.27. The summed E-state index contributed by atoms with van der Waals surface area (Å²) in [5.74, 6) is 0.810. The quantitative estimate of drug-likeness (QED) is 0.786. The van der Waals surface area contributed by atoms with E-state index in [2.05, 4.69) is 0 Å². The van der Waals surface area contributed by atoms with Crippen LogP contribution >= 0.6 is 0 Å². The number of carbonyl (C=O) groups is 2. The number of methoxy groups -OCH3 is 2. The molecule has 1 aromatic carbocycles. The van der Waals surface area contributed by atoms with Gasteiger partial charge in [0.1, 0.15) is 5.75 Å². The number of ether oxygens (including phenoxy) is 2. The molecule has 0 saturated carbocycles. The molecule has 2 rings (SSSR count). The van der Waals surface area contributed by atoms with Gasteiger partial charge in [-0.15, -0.1) is 0 Å². The summed E-state index contributed by atoms with van der Waals surface area (Å²) < 4.78 is 10.1. The molecule has 136 valence electrons. The lowest BCUT2D eigenvalue weighted by atomic mass is 10.0. The van der Waals surface area contributed by atoms with Crippen LogP contribution in [-0.4, -0.2) is 62.2 Å². The van der Waals surface area contributed by atoms with Crippen LogP contribution in [0.1, 0.15) is 18.9 Å². The van der Waals surface area contributed by atoms with Crippen LogP contribution < -0.4 is 4.74 Å². The zero-order valence-electron chi connectivity index (χ0n) is 15.2. The van der Waals surface area contributed by atoms with Crippen LogP contribution in [0, 0.1) is 0 Å². The molecule has 1 heterocycles. The number of benzene rings is 1. The summed E-state index contributed by atoms with van der Waals surface area (Å²) >= 11 is 0. The summed E-state index contributed by atoms with van der Waals surface area (Å²) in [6.07, 6.45) is 2.76. The fourth-order valence-electron chi connectivity index (χ4n) is 2.95. The SMILES string of the molecule is COC(=O)N1CCCN(C(=O)/C=C(/C)Cc2ccccc2OC)CC1. The van der Waals surface area contributed by atoms with Crippen molar-refractivity contribution in [1.29, 1.82) is 0 Å².